The van der Waals surface area contributed by atoms with E-state index < -0.39 is 5.97 Å². The number of esters is 1. The molecule has 1 rings (SSSR count). The van der Waals surface area contributed by atoms with Crippen LogP contribution in [0, 0.1) is 0 Å². The first-order valence-corrected chi connectivity index (χ1v) is 4.97. The van der Waals surface area contributed by atoms with Crippen molar-refractivity contribution in [2.75, 3.05) is 14.2 Å². The lowest BCUT2D eigenvalue weighted by molar-refractivity contribution is -0.132. The number of methoxy groups -OCH3 is 2. The van der Waals surface area contributed by atoms with Crippen LogP contribution in [-0.4, -0.2) is 20.2 Å². The quantitative estimate of drug-likeness (QED) is 0.627. The molecule has 0 aromatic heterocycles. The van der Waals surface area contributed by atoms with E-state index in [2.05, 4.69) is 15.9 Å². The molecule has 0 amide bonds. The molecule has 82 valence electrons. The van der Waals surface area contributed by atoms with Crippen LogP contribution >= 0.6 is 15.9 Å². The van der Waals surface area contributed by atoms with Crippen LogP contribution in [0.25, 0.3) is 0 Å². The largest absolute Gasteiger partial charge is 0.497 e. The second-order valence-electron chi connectivity index (χ2n) is 2.73. The van der Waals surface area contributed by atoms with E-state index in [4.69, 9.17) is 14.2 Å². The minimum Gasteiger partial charge on any atom is -0.497 e. The Labute approximate surface area is 96.3 Å². The SMILES string of the molecule is COc1cc(Br)c(OC)c(OC(C)=O)c1. The summed E-state index contributed by atoms with van der Waals surface area (Å²) in [5.74, 6) is 0.967. The molecule has 0 radical (unpaired) electrons. The van der Waals surface area contributed by atoms with Gasteiger partial charge in [-0.15, -0.1) is 0 Å². The fourth-order valence-corrected chi connectivity index (χ4v) is 1.67. The summed E-state index contributed by atoms with van der Waals surface area (Å²) < 4.78 is 15.8. The molecule has 0 aliphatic carbocycles. The first kappa shape index (κ1) is 11.8. The molecular formula is C10H11BrO4. The summed E-state index contributed by atoms with van der Waals surface area (Å²) in [5.41, 5.74) is 0. The number of carbonyl (C=O) groups excluding carboxylic acids is 1. The van der Waals surface area contributed by atoms with E-state index in [1.807, 2.05) is 0 Å². The lowest BCUT2D eigenvalue weighted by atomic mass is 10.3. The van der Waals surface area contributed by atoms with Crippen LogP contribution in [0.4, 0.5) is 0 Å². The monoisotopic (exact) mass is 274 g/mol. The molecule has 1 aromatic carbocycles. The molecule has 5 heteroatoms. The minimum absolute atomic E-state index is 0.330. The van der Waals surface area contributed by atoms with Gasteiger partial charge in [-0.25, -0.2) is 0 Å². The van der Waals surface area contributed by atoms with Crippen molar-refractivity contribution < 1.29 is 19.0 Å². The van der Waals surface area contributed by atoms with Crippen LogP contribution in [0.15, 0.2) is 16.6 Å². The van der Waals surface area contributed by atoms with Crippen molar-refractivity contribution in [1.82, 2.24) is 0 Å². The van der Waals surface area contributed by atoms with E-state index in [0.717, 1.165) is 0 Å². The lowest BCUT2D eigenvalue weighted by Crippen LogP contribution is -2.03. The molecule has 4 nitrogen and oxygen atoms in total. The van der Waals surface area contributed by atoms with Crippen molar-refractivity contribution >= 4 is 21.9 Å². The summed E-state index contributed by atoms with van der Waals surface area (Å²) in [6.07, 6.45) is 0. The highest BCUT2D eigenvalue weighted by atomic mass is 79.9. The van der Waals surface area contributed by atoms with Gasteiger partial charge < -0.3 is 14.2 Å². The number of carbonyl (C=O) groups is 1. The first-order chi connectivity index (χ1) is 7.08. The number of ether oxygens (including phenoxy) is 3. The molecule has 15 heavy (non-hydrogen) atoms. The Kier molecular flexibility index (Phi) is 3.96. The van der Waals surface area contributed by atoms with Gasteiger partial charge in [0, 0.05) is 13.0 Å². The highest BCUT2D eigenvalue weighted by molar-refractivity contribution is 9.10. The predicted octanol–water partition coefficient (Wildman–Crippen LogP) is 2.39. The fraction of sp³-hybridized carbons (Fsp3) is 0.300. The molecule has 0 N–H and O–H groups in total. The van der Waals surface area contributed by atoms with Crippen molar-refractivity contribution in [3.8, 4) is 17.2 Å². The van der Waals surface area contributed by atoms with Gasteiger partial charge in [-0.2, -0.15) is 0 Å². The third-order valence-electron chi connectivity index (χ3n) is 1.68. The Hall–Kier alpha value is -1.23. The molecule has 0 spiro atoms. The topological polar surface area (TPSA) is 44.8 Å². The van der Waals surface area contributed by atoms with E-state index in [-0.39, 0.29) is 0 Å². The van der Waals surface area contributed by atoms with Crippen LogP contribution in [0.5, 0.6) is 17.2 Å². The summed E-state index contributed by atoms with van der Waals surface area (Å²) in [6.45, 7) is 1.33. The highest BCUT2D eigenvalue weighted by Crippen LogP contribution is 2.39. The number of hydrogen-bond acceptors (Lipinski definition) is 4. The fourth-order valence-electron chi connectivity index (χ4n) is 1.09. The maximum atomic E-state index is 10.9. The average Bonchev–Trinajstić information content (AvgIpc) is 2.16. The van der Waals surface area contributed by atoms with Gasteiger partial charge in [0.05, 0.1) is 18.7 Å². The zero-order valence-electron chi connectivity index (χ0n) is 8.67. The maximum Gasteiger partial charge on any atom is 0.308 e. The van der Waals surface area contributed by atoms with Crippen LogP contribution in [0.3, 0.4) is 0 Å². The highest BCUT2D eigenvalue weighted by Gasteiger charge is 2.13. The number of rotatable bonds is 3. The third-order valence-corrected chi connectivity index (χ3v) is 2.27. The van der Waals surface area contributed by atoms with Crippen molar-refractivity contribution in [2.45, 2.75) is 6.92 Å². The van der Waals surface area contributed by atoms with Gasteiger partial charge in [0.15, 0.2) is 11.5 Å². The van der Waals surface area contributed by atoms with Crippen molar-refractivity contribution in [3.63, 3.8) is 0 Å². The van der Waals surface area contributed by atoms with Gasteiger partial charge in [-0.05, 0) is 22.0 Å². The van der Waals surface area contributed by atoms with Gasteiger partial charge in [0.1, 0.15) is 5.75 Å². The summed E-state index contributed by atoms with van der Waals surface area (Å²) in [5, 5.41) is 0. The molecule has 0 aliphatic rings. The van der Waals surface area contributed by atoms with Crippen molar-refractivity contribution in [1.29, 1.82) is 0 Å². The Morgan fingerprint density at radius 1 is 1.27 bits per heavy atom. The number of halogens is 1. The second-order valence-corrected chi connectivity index (χ2v) is 3.59. The Bertz CT molecular complexity index is 376. The van der Waals surface area contributed by atoms with Crippen LogP contribution in [0.2, 0.25) is 0 Å². The lowest BCUT2D eigenvalue weighted by Gasteiger charge is -2.11. The van der Waals surface area contributed by atoms with E-state index in [0.29, 0.717) is 21.7 Å². The average molecular weight is 275 g/mol. The molecule has 0 atom stereocenters. The summed E-state index contributed by atoms with van der Waals surface area (Å²) in [4.78, 5) is 10.9. The molecular weight excluding hydrogens is 264 g/mol. The van der Waals surface area contributed by atoms with E-state index in [1.165, 1.54) is 21.1 Å². The standard InChI is InChI=1S/C10H11BrO4/c1-6(12)15-9-5-7(13-2)4-8(11)10(9)14-3/h4-5H,1-3H3. The summed E-state index contributed by atoms with van der Waals surface area (Å²) in [7, 11) is 3.03. The smallest absolute Gasteiger partial charge is 0.308 e. The van der Waals surface area contributed by atoms with Gasteiger partial charge >= 0.3 is 5.97 Å². The Morgan fingerprint density at radius 3 is 2.40 bits per heavy atom. The Balaban J connectivity index is 3.19. The van der Waals surface area contributed by atoms with Crippen LogP contribution < -0.4 is 14.2 Å². The second kappa shape index (κ2) is 5.02. The molecule has 1 aromatic rings. The molecule has 0 saturated heterocycles. The van der Waals surface area contributed by atoms with Gasteiger partial charge in [0.25, 0.3) is 0 Å². The predicted molar refractivity (Wildman–Crippen MR) is 58.6 cm³/mol. The zero-order valence-corrected chi connectivity index (χ0v) is 10.3. The minimum atomic E-state index is -0.409. The third kappa shape index (κ3) is 2.86. The van der Waals surface area contributed by atoms with Crippen LogP contribution in [-0.2, 0) is 4.79 Å². The first-order valence-electron chi connectivity index (χ1n) is 4.18. The normalized spacial score (nSPS) is 9.60. The van der Waals surface area contributed by atoms with E-state index >= 15 is 0 Å². The van der Waals surface area contributed by atoms with Gasteiger partial charge in [-0.3, -0.25) is 4.79 Å². The molecule has 0 aliphatic heterocycles. The van der Waals surface area contributed by atoms with Gasteiger partial charge in [-0.1, -0.05) is 0 Å². The Morgan fingerprint density at radius 2 is 1.93 bits per heavy atom. The van der Waals surface area contributed by atoms with Crippen LogP contribution in [0.1, 0.15) is 6.92 Å². The maximum absolute atomic E-state index is 10.9. The molecule has 0 unspecified atom stereocenters. The zero-order chi connectivity index (χ0) is 11.4. The van der Waals surface area contributed by atoms with Crippen molar-refractivity contribution in [3.05, 3.63) is 16.6 Å². The molecule has 0 saturated carbocycles. The van der Waals surface area contributed by atoms with Crippen molar-refractivity contribution in [2.24, 2.45) is 0 Å². The van der Waals surface area contributed by atoms with E-state index in [9.17, 15) is 4.79 Å². The van der Waals surface area contributed by atoms with E-state index in [1.54, 1.807) is 12.1 Å². The number of hydrogen-bond donors (Lipinski definition) is 0. The molecule has 0 heterocycles. The van der Waals surface area contributed by atoms with Gasteiger partial charge in [0.2, 0.25) is 0 Å². The summed E-state index contributed by atoms with van der Waals surface area (Å²) >= 11 is 3.29. The molecule has 0 fully saturated rings. The molecule has 0 bridgehead atoms. The summed E-state index contributed by atoms with van der Waals surface area (Å²) in [6, 6.07) is 3.32. The number of benzene rings is 1.